The zero-order chi connectivity index (χ0) is 12.0. The largest absolute Gasteiger partial charge is 0.383 e. The maximum Gasteiger partial charge on any atom is 0.0590 e. The summed E-state index contributed by atoms with van der Waals surface area (Å²) < 4.78 is 5.21. The third-order valence-corrected chi connectivity index (χ3v) is 4.77. The van der Waals surface area contributed by atoms with Crippen LogP contribution in [0.15, 0.2) is 0 Å². The minimum Gasteiger partial charge on any atom is -0.383 e. The highest BCUT2D eigenvalue weighted by molar-refractivity contribution is 7.99. The molecule has 0 radical (unpaired) electrons. The molecule has 0 bridgehead atoms. The highest BCUT2D eigenvalue weighted by Crippen LogP contribution is 2.32. The molecule has 96 valence electrons. The van der Waals surface area contributed by atoms with Crippen LogP contribution in [0.2, 0.25) is 0 Å². The Morgan fingerprint density at radius 1 is 1.50 bits per heavy atom. The molecule has 4 heteroatoms. The lowest BCUT2D eigenvalue weighted by molar-refractivity contribution is 0.0407. The van der Waals surface area contributed by atoms with Gasteiger partial charge in [-0.05, 0) is 32.4 Å². The van der Waals surface area contributed by atoms with Crippen LogP contribution in [0.25, 0.3) is 0 Å². The lowest BCUT2D eigenvalue weighted by Gasteiger charge is -2.47. The van der Waals surface area contributed by atoms with E-state index in [0.717, 1.165) is 19.7 Å². The Balaban J connectivity index is 2.70. The van der Waals surface area contributed by atoms with Crippen molar-refractivity contribution in [3.63, 3.8) is 0 Å². The van der Waals surface area contributed by atoms with Gasteiger partial charge in [-0.15, -0.1) is 0 Å². The summed E-state index contributed by atoms with van der Waals surface area (Å²) in [6, 6.07) is 0.539. The number of hydrogen-bond donors (Lipinski definition) is 1. The fourth-order valence-corrected chi connectivity index (χ4v) is 3.88. The van der Waals surface area contributed by atoms with Crippen molar-refractivity contribution in [2.75, 3.05) is 38.3 Å². The topological polar surface area (TPSA) is 38.5 Å². The Hall–Kier alpha value is 0.230. The molecule has 1 saturated heterocycles. The van der Waals surface area contributed by atoms with Crippen LogP contribution in [0.5, 0.6) is 0 Å². The van der Waals surface area contributed by atoms with Gasteiger partial charge in [0.1, 0.15) is 0 Å². The summed E-state index contributed by atoms with van der Waals surface area (Å²) in [4.78, 5) is 2.54. The highest BCUT2D eigenvalue weighted by Gasteiger charge is 2.38. The number of nitrogens with two attached hydrogens (primary N) is 1. The molecule has 1 aliphatic rings. The minimum absolute atomic E-state index is 0.204. The van der Waals surface area contributed by atoms with Crippen LogP contribution in [0, 0.1) is 0 Å². The predicted octanol–water partition coefficient (Wildman–Crippen LogP) is 1.57. The Morgan fingerprint density at radius 3 is 2.69 bits per heavy atom. The molecular weight excluding hydrogens is 220 g/mol. The van der Waals surface area contributed by atoms with Crippen LogP contribution in [-0.2, 0) is 4.74 Å². The molecule has 1 aliphatic heterocycles. The van der Waals surface area contributed by atoms with Gasteiger partial charge in [0.15, 0.2) is 0 Å². The molecule has 1 heterocycles. The molecule has 1 fully saturated rings. The second-order valence-corrected chi connectivity index (χ2v) is 5.97. The van der Waals surface area contributed by atoms with E-state index in [1.165, 1.54) is 24.3 Å². The maximum absolute atomic E-state index is 6.05. The molecule has 2 N–H and O–H groups in total. The van der Waals surface area contributed by atoms with Gasteiger partial charge in [0.25, 0.3) is 0 Å². The molecule has 1 unspecified atom stereocenters. The number of hydrogen-bond acceptors (Lipinski definition) is 4. The summed E-state index contributed by atoms with van der Waals surface area (Å²) in [5.41, 5.74) is 6.26. The molecule has 1 rings (SSSR count). The van der Waals surface area contributed by atoms with Gasteiger partial charge in [0.05, 0.1) is 6.61 Å². The first-order chi connectivity index (χ1) is 7.66. The van der Waals surface area contributed by atoms with Crippen LogP contribution in [0.3, 0.4) is 0 Å². The summed E-state index contributed by atoms with van der Waals surface area (Å²) in [6.07, 6.45) is 2.52. The lowest BCUT2D eigenvalue weighted by atomic mass is 9.91. The van der Waals surface area contributed by atoms with Gasteiger partial charge in [-0.25, -0.2) is 0 Å². The first-order valence-electron chi connectivity index (χ1n) is 6.20. The van der Waals surface area contributed by atoms with Gasteiger partial charge >= 0.3 is 0 Å². The van der Waals surface area contributed by atoms with E-state index in [2.05, 4.69) is 18.7 Å². The number of ether oxygens (including phenoxy) is 1. The summed E-state index contributed by atoms with van der Waals surface area (Å²) in [6.45, 7) is 7.07. The van der Waals surface area contributed by atoms with E-state index in [-0.39, 0.29) is 5.54 Å². The number of methoxy groups -OCH3 is 1. The van der Waals surface area contributed by atoms with Crippen molar-refractivity contribution in [2.45, 2.75) is 38.3 Å². The Kier molecular flexibility index (Phi) is 6.11. The molecule has 16 heavy (non-hydrogen) atoms. The van der Waals surface area contributed by atoms with Crippen LogP contribution < -0.4 is 5.73 Å². The van der Waals surface area contributed by atoms with Crippen molar-refractivity contribution in [3.8, 4) is 0 Å². The zero-order valence-corrected chi connectivity index (χ0v) is 11.7. The number of thioether (sulfide) groups is 1. The lowest BCUT2D eigenvalue weighted by Crippen LogP contribution is -2.60. The third kappa shape index (κ3) is 3.36. The SMILES string of the molecule is COCCN(C(C)C)C1(CN)CCCSC1. The fourth-order valence-electron chi connectivity index (χ4n) is 2.58. The molecule has 0 amide bonds. The monoisotopic (exact) mass is 246 g/mol. The van der Waals surface area contributed by atoms with E-state index in [9.17, 15) is 0 Å². The van der Waals surface area contributed by atoms with E-state index in [1.54, 1.807) is 7.11 Å². The van der Waals surface area contributed by atoms with Gasteiger partial charge in [0.2, 0.25) is 0 Å². The summed E-state index contributed by atoms with van der Waals surface area (Å²) in [5, 5.41) is 0. The van der Waals surface area contributed by atoms with Gasteiger partial charge < -0.3 is 10.5 Å². The van der Waals surface area contributed by atoms with Crippen LogP contribution in [0.1, 0.15) is 26.7 Å². The van der Waals surface area contributed by atoms with E-state index < -0.39 is 0 Å². The molecule has 0 aromatic carbocycles. The molecular formula is C12H26N2OS. The second kappa shape index (κ2) is 6.84. The molecule has 0 spiro atoms. The summed E-state index contributed by atoms with van der Waals surface area (Å²) in [7, 11) is 1.77. The summed E-state index contributed by atoms with van der Waals surface area (Å²) in [5.74, 6) is 2.46. The second-order valence-electron chi connectivity index (χ2n) is 4.86. The van der Waals surface area contributed by atoms with Gasteiger partial charge in [-0.2, -0.15) is 11.8 Å². The van der Waals surface area contributed by atoms with Crippen LogP contribution >= 0.6 is 11.8 Å². The Bertz CT molecular complexity index is 193. The highest BCUT2D eigenvalue weighted by atomic mass is 32.2. The average molecular weight is 246 g/mol. The van der Waals surface area contributed by atoms with Crippen LogP contribution in [-0.4, -0.2) is 54.8 Å². The van der Waals surface area contributed by atoms with Gasteiger partial charge in [-0.3, -0.25) is 4.90 Å². The van der Waals surface area contributed by atoms with E-state index in [4.69, 9.17) is 10.5 Å². The molecule has 0 aliphatic carbocycles. The standard InChI is InChI=1S/C12H26N2OS/c1-11(2)14(6-7-15-3)12(9-13)5-4-8-16-10-12/h11H,4-10,13H2,1-3H3. The van der Waals surface area contributed by atoms with Crippen molar-refractivity contribution in [2.24, 2.45) is 5.73 Å². The average Bonchev–Trinajstić information content (AvgIpc) is 2.30. The van der Waals surface area contributed by atoms with Gasteiger partial charge in [0, 0.05) is 37.5 Å². The van der Waals surface area contributed by atoms with Gasteiger partial charge in [-0.1, -0.05) is 0 Å². The summed E-state index contributed by atoms with van der Waals surface area (Å²) >= 11 is 2.04. The number of rotatable bonds is 6. The Labute approximate surface area is 104 Å². The van der Waals surface area contributed by atoms with E-state index >= 15 is 0 Å². The molecule has 1 atom stereocenters. The van der Waals surface area contributed by atoms with Crippen molar-refractivity contribution < 1.29 is 4.74 Å². The van der Waals surface area contributed by atoms with Crippen LogP contribution in [0.4, 0.5) is 0 Å². The number of nitrogens with zero attached hydrogens (tertiary/aromatic N) is 1. The van der Waals surface area contributed by atoms with Crippen molar-refractivity contribution >= 4 is 11.8 Å². The third-order valence-electron chi connectivity index (χ3n) is 3.45. The van der Waals surface area contributed by atoms with E-state index in [1.807, 2.05) is 11.8 Å². The maximum atomic E-state index is 6.05. The molecule has 3 nitrogen and oxygen atoms in total. The normalized spacial score (nSPS) is 26.6. The Morgan fingerprint density at radius 2 is 2.25 bits per heavy atom. The molecule has 0 saturated carbocycles. The molecule has 0 aromatic rings. The van der Waals surface area contributed by atoms with Crippen molar-refractivity contribution in [1.29, 1.82) is 0 Å². The zero-order valence-electron chi connectivity index (χ0n) is 10.9. The van der Waals surface area contributed by atoms with Crippen molar-refractivity contribution in [1.82, 2.24) is 4.90 Å². The van der Waals surface area contributed by atoms with Crippen molar-refractivity contribution in [3.05, 3.63) is 0 Å². The fraction of sp³-hybridized carbons (Fsp3) is 1.00. The quantitative estimate of drug-likeness (QED) is 0.772. The smallest absolute Gasteiger partial charge is 0.0590 e. The minimum atomic E-state index is 0.204. The predicted molar refractivity (Wildman–Crippen MR) is 72.1 cm³/mol. The first-order valence-corrected chi connectivity index (χ1v) is 7.35. The molecule has 0 aromatic heterocycles. The first kappa shape index (κ1) is 14.3. The van der Waals surface area contributed by atoms with E-state index in [0.29, 0.717) is 6.04 Å².